The summed E-state index contributed by atoms with van der Waals surface area (Å²) in [5, 5.41) is 0. The number of hydrogen-bond acceptors (Lipinski definition) is 4. The molecule has 22 heavy (non-hydrogen) atoms. The van der Waals surface area contributed by atoms with Crippen LogP contribution in [0.5, 0.6) is 0 Å². The quantitative estimate of drug-likeness (QED) is 0.865. The SMILES string of the molecule is Fc1cccnc1CN1CC2CC(C1)N2Cc1ccccn1. The summed E-state index contributed by atoms with van der Waals surface area (Å²) in [6, 6.07) is 10.3. The van der Waals surface area contributed by atoms with Gasteiger partial charge in [0.15, 0.2) is 0 Å². The first-order chi connectivity index (χ1) is 10.8. The largest absolute Gasteiger partial charge is 0.294 e. The predicted molar refractivity (Wildman–Crippen MR) is 81.4 cm³/mol. The third-order valence-corrected chi connectivity index (χ3v) is 4.70. The van der Waals surface area contributed by atoms with E-state index in [4.69, 9.17) is 0 Å². The number of halogens is 1. The Morgan fingerprint density at radius 3 is 2.55 bits per heavy atom. The number of piperidine rings is 1. The number of pyridine rings is 2. The first-order valence-electron chi connectivity index (χ1n) is 7.77. The molecule has 114 valence electrons. The van der Waals surface area contributed by atoms with Crippen LogP contribution in [0.2, 0.25) is 0 Å². The highest BCUT2D eigenvalue weighted by Crippen LogP contribution is 2.34. The van der Waals surface area contributed by atoms with Gasteiger partial charge in [-0.2, -0.15) is 0 Å². The fourth-order valence-corrected chi connectivity index (χ4v) is 3.59. The van der Waals surface area contributed by atoms with Crippen molar-refractivity contribution in [3.05, 3.63) is 59.9 Å². The fourth-order valence-electron chi connectivity index (χ4n) is 3.59. The lowest BCUT2D eigenvalue weighted by atomic mass is 9.87. The molecule has 3 aliphatic heterocycles. The van der Waals surface area contributed by atoms with Gasteiger partial charge in [-0.05, 0) is 30.7 Å². The monoisotopic (exact) mass is 298 g/mol. The maximum Gasteiger partial charge on any atom is 0.146 e. The van der Waals surface area contributed by atoms with Crippen molar-refractivity contribution in [1.29, 1.82) is 0 Å². The van der Waals surface area contributed by atoms with Gasteiger partial charge in [-0.3, -0.25) is 19.8 Å². The molecule has 0 radical (unpaired) electrons. The summed E-state index contributed by atoms with van der Waals surface area (Å²) < 4.78 is 13.7. The minimum atomic E-state index is -0.202. The number of hydrogen-bond donors (Lipinski definition) is 0. The van der Waals surface area contributed by atoms with Crippen molar-refractivity contribution in [3.8, 4) is 0 Å². The summed E-state index contributed by atoms with van der Waals surface area (Å²) in [7, 11) is 0. The lowest BCUT2D eigenvalue weighted by Gasteiger charge is -2.56. The van der Waals surface area contributed by atoms with Crippen molar-refractivity contribution in [2.45, 2.75) is 31.6 Å². The third-order valence-electron chi connectivity index (χ3n) is 4.70. The molecule has 5 heterocycles. The molecule has 3 fully saturated rings. The molecular formula is C17H19FN4. The van der Waals surface area contributed by atoms with Crippen LogP contribution in [-0.2, 0) is 13.1 Å². The first-order valence-corrected chi connectivity index (χ1v) is 7.77. The van der Waals surface area contributed by atoms with Crippen LogP contribution < -0.4 is 0 Å². The van der Waals surface area contributed by atoms with Gasteiger partial charge in [-0.25, -0.2) is 4.39 Å². The zero-order chi connectivity index (χ0) is 14.9. The summed E-state index contributed by atoms with van der Waals surface area (Å²) in [5.74, 6) is -0.202. The third kappa shape index (κ3) is 2.62. The minimum absolute atomic E-state index is 0.202. The molecular weight excluding hydrogens is 279 g/mol. The lowest BCUT2D eigenvalue weighted by Crippen LogP contribution is -2.67. The Morgan fingerprint density at radius 1 is 1.00 bits per heavy atom. The van der Waals surface area contributed by atoms with E-state index in [-0.39, 0.29) is 5.82 Å². The van der Waals surface area contributed by atoms with Crippen LogP contribution >= 0.6 is 0 Å². The van der Waals surface area contributed by atoms with E-state index >= 15 is 0 Å². The molecule has 2 unspecified atom stereocenters. The highest BCUT2D eigenvalue weighted by Gasteiger charge is 2.44. The average molecular weight is 298 g/mol. The molecule has 2 bridgehead atoms. The Kier molecular flexibility index (Phi) is 3.60. The summed E-state index contributed by atoms with van der Waals surface area (Å²) >= 11 is 0. The van der Waals surface area contributed by atoms with Gasteiger partial charge >= 0.3 is 0 Å². The zero-order valence-electron chi connectivity index (χ0n) is 12.4. The van der Waals surface area contributed by atoms with E-state index in [9.17, 15) is 4.39 Å². The zero-order valence-corrected chi connectivity index (χ0v) is 12.4. The van der Waals surface area contributed by atoms with Crippen LogP contribution in [0.25, 0.3) is 0 Å². The standard InChI is InChI=1S/C17H19FN4/c18-16-5-3-7-20-17(16)12-21-10-14-8-15(11-21)22(14)9-13-4-1-2-6-19-13/h1-7,14-15H,8-12H2. The molecule has 3 aliphatic rings. The van der Waals surface area contributed by atoms with Crippen molar-refractivity contribution < 1.29 is 4.39 Å². The molecule has 0 saturated carbocycles. The number of fused-ring (bicyclic) bond motifs is 2. The van der Waals surface area contributed by atoms with Crippen molar-refractivity contribution in [2.24, 2.45) is 0 Å². The highest BCUT2D eigenvalue weighted by atomic mass is 19.1. The smallest absolute Gasteiger partial charge is 0.146 e. The van der Waals surface area contributed by atoms with Crippen LogP contribution in [0.4, 0.5) is 4.39 Å². The second-order valence-electron chi connectivity index (χ2n) is 6.16. The Balaban J connectivity index is 1.37. The maximum absolute atomic E-state index is 13.7. The molecule has 0 amide bonds. The van der Waals surface area contributed by atoms with Crippen LogP contribution in [0, 0.1) is 5.82 Å². The van der Waals surface area contributed by atoms with Crippen LogP contribution in [0.3, 0.4) is 0 Å². The van der Waals surface area contributed by atoms with Gasteiger partial charge in [0.05, 0.1) is 11.4 Å². The summed E-state index contributed by atoms with van der Waals surface area (Å²) in [4.78, 5) is 13.4. The van der Waals surface area contributed by atoms with Crippen molar-refractivity contribution in [3.63, 3.8) is 0 Å². The molecule has 0 aliphatic carbocycles. The van der Waals surface area contributed by atoms with Gasteiger partial charge < -0.3 is 0 Å². The van der Waals surface area contributed by atoms with E-state index in [1.807, 2.05) is 18.3 Å². The van der Waals surface area contributed by atoms with Gasteiger partial charge in [-0.15, -0.1) is 0 Å². The van der Waals surface area contributed by atoms with Gasteiger partial charge in [0.25, 0.3) is 0 Å². The molecule has 4 nitrogen and oxygen atoms in total. The summed E-state index contributed by atoms with van der Waals surface area (Å²) in [6.45, 7) is 3.50. The van der Waals surface area contributed by atoms with E-state index in [1.54, 1.807) is 12.3 Å². The molecule has 2 atom stereocenters. The predicted octanol–water partition coefficient (Wildman–Crippen LogP) is 2.07. The highest BCUT2D eigenvalue weighted by molar-refractivity contribution is 5.11. The van der Waals surface area contributed by atoms with E-state index in [1.165, 1.54) is 12.5 Å². The van der Waals surface area contributed by atoms with E-state index in [0.29, 0.717) is 24.3 Å². The first kappa shape index (κ1) is 13.8. The van der Waals surface area contributed by atoms with Crippen molar-refractivity contribution >= 4 is 0 Å². The van der Waals surface area contributed by atoms with E-state index in [0.717, 1.165) is 25.3 Å². The van der Waals surface area contributed by atoms with Gasteiger partial charge in [-0.1, -0.05) is 6.07 Å². The van der Waals surface area contributed by atoms with Crippen LogP contribution in [-0.4, -0.2) is 44.9 Å². The molecule has 0 N–H and O–H groups in total. The normalized spacial score (nSPS) is 25.0. The molecule has 0 spiro atoms. The topological polar surface area (TPSA) is 32.3 Å². The van der Waals surface area contributed by atoms with Crippen molar-refractivity contribution in [2.75, 3.05) is 13.1 Å². The molecule has 0 aromatic carbocycles. The molecule has 2 aromatic rings. The molecule has 2 aromatic heterocycles. The maximum atomic E-state index is 13.7. The van der Waals surface area contributed by atoms with Crippen molar-refractivity contribution in [1.82, 2.24) is 19.8 Å². The Morgan fingerprint density at radius 2 is 1.82 bits per heavy atom. The number of aromatic nitrogens is 2. The summed E-state index contributed by atoms with van der Waals surface area (Å²) in [5.41, 5.74) is 1.68. The molecule has 3 saturated heterocycles. The average Bonchev–Trinajstić information content (AvgIpc) is 2.56. The Hall–Kier alpha value is -1.85. The van der Waals surface area contributed by atoms with Gasteiger partial charge in [0.2, 0.25) is 0 Å². The Labute approximate surface area is 129 Å². The lowest BCUT2D eigenvalue weighted by molar-refractivity contribution is -0.0786. The summed E-state index contributed by atoms with van der Waals surface area (Å²) in [6.07, 6.45) is 4.76. The van der Waals surface area contributed by atoms with Gasteiger partial charge in [0.1, 0.15) is 5.82 Å². The number of piperazine rings is 1. The molecule has 5 heteroatoms. The number of nitrogens with zero attached hydrogens (tertiary/aromatic N) is 4. The van der Waals surface area contributed by atoms with Crippen LogP contribution in [0.15, 0.2) is 42.7 Å². The Bertz CT molecular complexity index is 636. The van der Waals surface area contributed by atoms with E-state index < -0.39 is 0 Å². The number of rotatable bonds is 4. The van der Waals surface area contributed by atoms with Crippen LogP contribution in [0.1, 0.15) is 17.8 Å². The fraction of sp³-hybridized carbons (Fsp3) is 0.412. The van der Waals surface area contributed by atoms with Gasteiger partial charge in [0, 0.05) is 50.7 Å². The second kappa shape index (κ2) is 5.74. The minimum Gasteiger partial charge on any atom is -0.294 e. The second-order valence-corrected chi connectivity index (χ2v) is 6.16. The molecule has 5 rings (SSSR count). The van der Waals surface area contributed by atoms with E-state index in [2.05, 4.69) is 25.8 Å².